The van der Waals surface area contributed by atoms with E-state index in [1.165, 1.54) is 14.2 Å². The van der Waals surface area contributed by atoms with Crippen LogP contribution in [0.3, 0.4) is 0 Å². The molecule has 0 amide bonds. The summed E-state index contributed by atoms with van der Waals surface area (Å²) in [5.41, 5.74) is 1.76. The van der Waals surface area contributed by atoms with Crippen LogP contribution in [0.4, 0.5) is 0 Å². The van der Waals surface area contributed by atoms with Crippen LogP contribution in [0.2, 0.25) is 15.2 Å². The van der Waals surface area contributed by atoms with Crippen LogP contribution in [0.1, 0.15) is 16.7 Å². The molecule has 0 saturated carbocycles. The van der Waals surface area contributed by atoms with E-state index in [1.807, 2.05) is 6.92 Å². The Hall–Kier alpha value is -3.11. The van der Waals surface area contributed by atoms with Gasteiger partial charge in [0.15, 0.2) is 10.9 Å². The molecule has 0 atom stereocenters. The number of rotatable bonds is 7. The van der Waals surface area contributed by atoms with Crippen molar-refractivity contribution in [2.24, 2.45) is 5.16 Å². The summed E-state index contributed by atoms with van der Waals surface area (Å²) in [7, 11) is 2.59. The molecule has 0 radical (unpaired) electrons. The van der Waals surface area contributed by atoms with Crippen molar-refractivity contribution in [3.8, 4) is 16.2 Å². The SMILES string of the molecule is CO/N=C(/C(=O)OC)c1ccccc1COc1cc2oc(=O)c(Cl)c(-c3snc(Cl)c3Cl)c2cc1C. The number of aryl methyl sites for hydroxylation is 1. The van der Waals surface area contributed by atoms with Crippen LogP contribution in [-0.4, -0.2) is 30.3 Å². The van der Waals surface area contributed by atoms with Crippen molar-refractivity contribution < 1.29 is 23.5 Å². The highest BCUT2D eigenvalue weighted by Gasteiger charge is 2.23. The molecule has 2 heterocycles. The second-order valence-corrected chi connectivity index (χ2v) is 9.26. The first kappa shape index (κ1) is 26.0. The van der Waals surface area contributed by atoms with Gasteiger partial charge in [0, 0.05) is 22.6 Å². The molecule has 4 aromatic rings. The van der Waals surface area contributed by atoms with Gasteiger partial charge in [-0.25, -0.2) is 9.59 Å². The number of fused-ring (bicyclic) bond motifs is 1. The van der Waals surface area contributed by atoms with E-state index in [-0.39, 0.29) is 33.1 Å². The topological polar surface area (TPSA) is 100 Å². The number of ether oxygens (including phenoxy) is 2. The lowest BCUT2D eigenvalue weighted by atomic mass is 10.0. The zero-order valence-corrected chi connectivity index (χ0v) is 22.1. The molecule has 0 N–H and O–H groups in total. The molecule has 0 aliphatic heterocycles. The summed E-state index contributed by atoms with van der Waals surface area (Å²) in [5, 5.41) is 4.54. The largest absolute Gasteiger partial charge is 0.488 e. The van der Waals surface area contributed by atoms with Crippen LogP contribution in [0.15, 0.2) is 50.8 Å². The van der Waals surface area contributed by atoms with Crippen molar-refractivity contribution in [1.82, 2.24) is 4.37 Å². The van der Waals surface area contributed by atoms with Gasteiger partial charge in [-0.15, -0.1) is 0 Å². The number of halogens is 3. The standard InChI is InChI=1S/C24H17Cl3N2O6S/c1-11-8-14-16(35-23(30)18(25)17(14)21-19(26)22(27)29-36-21)9-15(11)34-10-12-6-4-5-7-13(12)20(28-33-3)24(31)32-2/h4-9H,10H2,1-3H3/b28-20+. The highest BCUT2D eigenvalue weighted by Crippen LogP contribution is 2.43. The maximum Gasteiger partial charge on any atom is 0.360 e. The van der Waals surface area contributed by atoms with Gasteiger partial charge in [-0.1, -0.05) is 64.2 Å². The van der Waals surface area contributed by atoms with Gasteiger partial charge >= 0.3 is 11.6 Å². The van der Waals surface area contributed by atoms with Crippen molar-refractivity contribution >= 4 is 69.0 Å². The highest BCUT2D eigenvalue weighted by atomic mass is 35.5. The Kier molecular flexibility index (Phi) is 7.85. The molecule has 2 aromatic heterocycles. The zero-order valence-electron chi connectivity index (χ0n) is 19.1. The Labute approximate surface area is 224 Å². The van der Waals surface area contributed by atoms with Gasteiger partial charge in [0.1, 0.15) is 30.1 Å². The lowest BCUT2D eigenvalue weighted by Gasteiger charge is -2.14. The molecular weight excluding hydrogens is 551 g/mol. The van der Waals surface area contributed by atoms with Gasteiger partial charge in [0.2, 0.25) is 0 Å². The third-order valence-corrected chi connectivity index (χ3v) is 7.35. The molecule has 0 bridgehead atoms. The van der Waals surface area contributed by atoms with E-state index < -0.39 is 11.6 Å². The highest BCUT2D eigenvalue weighted by molar-refractivity contribution is 7.11. The van der Waals surface area contributed by atoms with Crippen LogP contribution in [0.25, 0.3) is 21.4 Å². The average molecular weight is 568 g/mol. The first-order valence-corrected chi connectivity index (χ1v) is 12.2. The monoisotopic (exact) mass is 566 g/mol. The molecule has 8 nitrogen and oxygen atoms in total. The summed E-state index contributed by atoms with van der Waals surface area (Å²) in [6.07, 6.45) is 0. The van der Waals surface area contributed by atoms with Crippen molar-refractivity contribution in [2.75, 3.05) is 14.2 Å². The number of methoxy groups -OCH3 is 1. The van der Waals surface area contributed by atoms with E-state index in [0.717, 1.165) is 17.1 Å². The molecule has 36 heavy (non-hydrogen) atoms. The third kappa shape index (κ3) is 4.92. The average Bonchev–Trinajstić information content (AvgIpc) is 3.20. The molecule has 186 valence electrons. The van der Waals surface area contributed by atoms with E-state index in [0.29, 0.717) is 32.7 Å². The number of benzene rings is 2. The first-order valence-electron chi connectivity index (χ1n) is 10.2. The second-order valence-electron chi connectivity index (χ2n) is 7.37. The number of hydrogen-bond donors (Lipinski definition) is 0. The summed E-state index contributed by atoms with van der Waals surface area (Å²) < 4.78 is 20.3. The lowest BCUT2D eigenvalue weighted by Crippen LogP contribution is -2.19. The van der Waals surface area contributed by atoms with E-state index in [1.54, 1.807) is 36.4 Å². The minimum Gasteiger partial charge on any atom is -0.488 e. The predicted octanol–water partition coefficient (Wildman–Crippen LogP) is 6.29. The fourth-order valence-electron chi connectivity index (χ4n) is 3.52. The van der Waals surface area contributed by atoms with E-state index in [4.69, 9.17) is 53.5 Å². The van der Waals surface area contributed by atoms with Crippen molar-refractivity contribution in [1.29, 1.82) is 0 Å². The minimum atomic E-state index is -0.738. The molecule has 0 saturated heterocycles. The van der Waals surface area contributed by atoms with Crippen LogP contribution >= 0.6 is 46.3 Å². The van der Waals surface area contributed by atoms with Crippen molar-refractivity contribution in [2.45, 2.75) is 13.5 Å². The lowest BCUT2D eigenvalue weighted by molar-refractivity contribution is -0.132. The first-order chi connectivity index (χ1) is 17.3. The number of hydrogen-bond acceptors (Lipinski definition) is 9. The smallest absolute Gasteiger partial charge is 0.360 e. The summed E-state index contributed by atoms with van der Waals surface area (Å²) in [6, 6.07) is 10.4. The fourth-order valence-corrected chi connectivity index (χ4v) is 5.10. The summed E-state index contributed by atoms with van der Waals surface area (Å²) in [6.45, 7) is 1.90. The Morgan fingerprint density at radius 3 is 2.56 bits per heavy atom. The molecule has 0 unspecified atom stereocenters. The van der Waals surface area contributed by atoms with Crippen molar-refractivity contribution in [3.63, 3.8) is 0 Å². The van der Waals surface area contributed by atoms with Gasteiger partial charge in [-0.05, 0) is 35.6 Å². The van der Waals surface area contributed by atoms with E-state index >= 15 is 0 Å². The number of esters is 1. The minimum absolute atomic E-state index is 0.000175. The molecule has 4 rings (SSSR count). The Bertz CT molecular complexity index is 1560. The Balaban J connectivity index is 1.75. The van der Waals surface area contributed by atoms with E-state index in [2.05, 4.69) is 9.53 Å². The van der Waals surface area contributed by atoms with Gasteiger partial charge in [0.05, 0.1) is 17.0 Å². The van der Waals surface area contributed by atoms with Gasteiger partial charge in [0.25, 0.3) is 0 Å². The molecule has 0 spiro atoms. The van der Waals surface area contributed by atoms with Gasteiger partial charge in [-0.3, -0.25) is 0 Å². The number of carbonyl (C=O) groups excluding carboxylic acids is 1. The maximum absolute atomic E-state index is 12.5. The van der Waals surface area contributed by atoms with Crippen molar-refractivity contribution in [3.05, 3.63) is 78.7 Å². The van der Waals surface area contributed by atoms with Crippen LogP contribution in [0.5, 0.6) is 5.75 Å². The fraction of sp³-hybridized carbons (Fsp3) is 0.167. The predicted molar refractivity (Wildman–Crippen MR) is 140 cm³/mol. The zero-order chi connectivity index (χ0) is 26.0. The normalized spacial score (nSPS) is 11.6. The molecule has 0 aliphatic carbocycles. The maximum atomic E-state index is 12.5. The molecule has 12 heteroatoms. The number of aromatic nitrogens is 1. The van der Waals surface area contributed by atoms with Crippen LogP contribution in [-0.2, 0) is 21.0 Å². The number of nitrogens with zero attached hydrogens (tertiary/aromatic N) is 2. The Morgan fingerprint density at radius 1 is 1.14 bits per heavy atom. The van der Waals surface area contributed by atoms with Crippen LogP contribution < -0.4 is 10.4 Å². The second kappa shape index (κ2) is 10.9. The van der Waals surface area contributed by atoms with Crippen LogP contribution in [0, 0.1) is 6.92 Å². The molecule has 2 aromatic carbocycles. The Morgan fingerprint density at radius 2 is 1.89 bits per heavy atom. The van der Waals surface area contributed by atoms with E-state index in [9.17, 15) is 9.59 Å². The van der Waals surface area contributed by atoms with Gasteiger partial charge in [-0.2, -0.15) is 4.37 Å². The third-order valence-electron chi connectivity index (χ3n) is 5.19. The molecule has 0 aliphatic rings. The number of oxime groups is 1. The summed E-state index contributed by atoms with van der Waals surface area (Å²) in [4.78, 5) is 30.0. The quantitative estimate of drug-likeness (QED) is 0.112. The van der Waals surface area contributed by atoms with Gasteiger partial charge < -0.3 is 18.7 Å². The molecule has 0 fully saturated rings. The number of carbonyl (C=O) groups is 1. The summed E-state index contributed by atoms with van der Waals surface area (Å²) >= 11 is 19.7. The summed E-state index contributed by atoms with van der Waals surface area (Å²) in [5.74, 6) is -0.204. The molecular formula is C24H17Cl3N2O6S.